The van der Waals surface area contributed by atoms with Gasteiger partial charge >= 0.3 is 0 Å². The van der Waals surface area contributed by atoms with Gasteiger partial charge in [0.1, 0.15) is 16.5 Å². The summed E-state index contributed by atoms with van der Waals surface area (Å²) in [5.74, 6) is 1.79. The van der Waals surface area contributed by atoms with Crippen molar-refractivity contribution in [3.05, 3.63) is 59.2 Å². The Morgan fingerprint density at radius 3 is 2.65 bits per heavy atom. The number of nitrogens with zero attached hydrogens (tertiary/aromatic N) is 4. The molecule has 4 rings (SSSR count). The number of thiazole rings is 1. The van der Waals surface area contributed by atoms with Crippen molar-refractivity contribution in [1.82, 2.24) is 19.8 Å². The number of rotatable bonds is 7. The minimum atomic E-state index is 0.122. The van der Waals surface area contributed by atoms with Gasteiger partial charge in [0.05, 0.1) is 32.0 Å². The molecule has 8 heteroatoms. The number of pyridine rings is 1. The second-order valence-electron chi connectivity index (χ2n) is 7.37. The number of methoxy groups -OCH3 is 2. The third kappa shape index (κ3) is 5.21. The SMILES string of the molecule is COc1ccc(OC)c(CN2CCN(C(=O)Cc3csc(-c4ccccn4)n3)CC2)c1. The highest BCUT2D eigenvalue weighted by atomic mass is 32.1. The zero-order valence-electron chi connectivity index (χ0n) is 17.8. The minimum Gasteiger partial charge on any atom is -0.497 e. The summed E-state index contributed by atoms with van der Waals surface area (Å²) in [7, 11) is 3.34. The summed E-state index contributed by atoms with van der Waals surface area (Å²) in [4.78, 5) is 26.0. The second kappa shape index (κ2) is 9.89. The number of carbonyl (C=O) groups excluding carboxylic acids is 1. The Labute approximate surface area is 186 Å². The van der Waals surface area contributed by atoms with Gasteiger partial charge in [0, 0.05) is 49.9 Å². The Bertz CT molecular complexity index is 1020. The van der Waals surface area contributed by atoms with E-state index in [9.17, 15) is 4.79 Å². The highest BCUT2D eigenvalue weighted by molar-refractivity contribution is 7.13. The van der Waals surface area contributed by atoms with Crippen LogP contribution in [0.3, 0.4) is 0 Å². The number of hydrogen-bond acceptors (Lipinski definition) is 7. The third-order valence-electron chi connectivity index (χ3n) is 5.37. The Morgan fingerprint density at radius 2 is 1.94 bits per heavy atom. The molecule has 1 aliphatic rings. The molecule has 0 bridgehead atoms. The first-order valence-electron chi connectivity index (χ1n) is 10.2. The average molecular weight is 439 g/mol. The van der Waals surface area contributed by atoms with Crippen LogP contribution in [-0.2, 0) is 17.8 Å². The van der Waals surface area contributed by atoms with E-state index >= 15 is 0 Å². The molecule has 0 unspecified atom stereocenters. The lowest BCUT2D eigenvalue weighted by Crippen LogP contribution is -2.48. The molecule has 1 saturated heterocycles. The van der Waals surface area contributed by atoms with E-state index in [1.165, 1.54) is 11.3 Å². The van der Waals surface area contributed by atoms with E-state index in [1.807, 2.05) is 46.7 Å². The molecule has 1 aliphatic heterocycles. The summed E-state index contributed by atoms with van der Waals surface area (Å²) in [5, 5.41) is 2.80. The van der Waals surface area contributed by atoms with Crippen LogP contribution in [0.5, 0.6) is 11.5 Å². The number of hydrogen-bond donors (Lipinski definition) is 0. The van der Waals surface area contributed by atoms with Gasteiger partial charge in [-0.3, -0.25) is 14.7 Å². The van der Waals surface area contributed by atoms with Crippen LogP contribution in [0, 0.1) is 0 Å². The molecular weight excluding hydrogens is 412 g/mol. The largest absolute Gasteiger partial charge is 0.497 e. The van der Waals surface area contributed by atoms with E-state index in [0.29, 0.717) is 19.5 Å². The van der Waals surface area contributed by atoms with Crippen molar-refractivity contribution in [3.63, 3.8) is 0 Å². The lowest BCUT2D eigenvalue weighted by atomic mass is 10.1. The number of amides is 1. The number of benzene rings is 1. The van der Waals surface area contributed by atoms with Crippen molar-refractivity contribution in [3.8, 4) is 22.2 Å². The van der Waals surface area contributed by atoms with Crippen LogP contribution in [0.4, 0.5) is 0 Å². The quantitative estimate of drug-likeness (QED) is 0.565. The second-order valence-corrected chi connectivity index (χ2v) is 8.23. The van der Waals surface area contributed by atoms with Crippen molar-refractivity contribution >= 4 is 17.2 Å². The summed E-state index contributed by atoms with van der Waals surface area (Å²) in [6, 6.07) is 11.6. The zero-order valence-corrected chi connectivity index (χ0v) is 18.6. The van der Waals surface area contributed by atoms with E-state index in [2.05, 4.69) is 14.9 Å². The summed E-state index contributed by atoms with van der Waals surface area (Å²) >= 11 is 1.52. The molecule has 0 saturated carbocycles. The number of aromatic nitrogens is 2. The molecule has 3 aromatic rings. The predicted molar refractivity (Wildman–Crippen MR) is 120 cm³/mol. The first kappa shape index (κ1) is 21.3. The van der Waals surface area contributed by atoms with Gasteiger partial charge in [0.15, 0.2) is 0 Å². The van der Waals surface area contributed by atoms with Crippen molar-refractivity contribution < 1.29 is 14.3 Å². The Balaban J connectivity index is 1.31. The van der Waals surface area contributed by atoms with Crippen LogP contribution in [0.1, 0.15) is 11.3 Å². The zero-order chi connectivity index (χ0) is 21.6. The molecule has 0 aliphatic carbocycles. The molecule has 1 aromatic carbocycles. The molecule has 2 aromatic heterocycles. The van der Waals surface area contributed by atoms with Crippen molar-refractivity contribution in [2.24, 2.45) is 0 Å². The Morgan fingerprint density at radius 1 is 1.10 bits per heavy atom. The fourth-order valence-electron chi connectivity index (χ4n) is 3.66. The molecule has 0 radical (unpaired) electrons. The summed E-state index contributed by atoms with van der Waals surface area (Å²) in [6.07, 6.45) is 2.08. The number of ether oxygens (including phenoxy) is 2. The van der Waals surface area contributed by atoms with E-state index in [0.717, 1.165) is 53.1 Å². The van der Waals surface area contributed by atoms with Crippen LogP contribution >= 0.6 is 11.3 Å². The van der Waals surface area contributed by atoms with Gasteiger partial charge in [-0.15, -0.1) is 11.3 Å². The fourth-order valence-corrected chi connectivity index (χ4v) is 4.46. The Hall–Kier alpha value is -2.97. The normalized spacial score (nSPS) is 14.5. The van der Waals surface area contributed by atoms with Crippen molar-refractivity contribution in [1.29, 1.82) is 0 Å². The molecule has 162 valence electrons. The van der Waals surface area contributed by atoms with E-state index in [1.54, 1.807) is 20.4 Å². The summed E-state index contributed by atoms with van der Waals surface area (Å²) in [6.45, 7) is 3.83. The molecule has 1 amide bonds. The molecule has 0 spiro atoms. The first-order chi connectivity index (χ1) is 15.2. The van der Waals surface area contributed by atoms with E-state index < -0.39 is 0 Å². The van der Waals surface area contributed by atoms with E-state index in [-0.39, 0.29) is 5.91 Å². The molecule has 1 fully saturated rings. The molecule has 7 nitrogen and oxygen atoms in total. The van der Waals surface area contributed by atoms with Crippen molar-refractivity contribution in [2.45, 2.75) is 13.0 Å². The van der Waals surface area contributed by atoms with Gasteiger partial charge < -0.3 is 14.4 Å². The lowest BCUT2D eigenvalue weighted by molar-refractivity contribution is -0.132. The van der Waals surface area contributed by atoms with Crippen LogP contribution < -0.4 is 9.47 Å². The van der Waals surface area contributed by atoms with Gasteiger partial charge in [0.25, 0.3) is 0 Å². The summed E-state index contributed by atoms with van der Waals surface area (Å²) < 4.78 is 10.8. The van der Waals surface area contributed by atoms with Gasteiger partial charge in [-0.1, -0.05) is 6.07 Å². The lowest BCUT2D eigenvalue weighted by Gasteiger charge is -2.35. The van der Waals surface area contributed by atoms with Crippen LogP contribution in [0.2, 0.25) is 0 Å². The smallest absolute Gasteiger partial charge is 0.228 e. The van der Waals surface area contributed by atoms with Gasteiger partial charge in [0.2, 0.25) is 5.91 Å². The van der Waals surface area contributed by atoms with Crippen molar-refractivity contribution in [2.75, 3.05) is 40.4 Å². The average Bonchev–Trinajstić information content (AvgIpc) is 3.28. The molecule has 0 atom stereocenters. The third-order valence-corrected chi connectivity index (χ3v) is 6.29. The van der Waals surface area contributed by atoms with Gasteiger partial charge in [-0.2, -0.15) is 0 Å². The maximum Gasteiger partial charge on any atom is 0.228 e. The predicted octanol–water partition coefficient (Wildman–Crippen LogP) is 3.11. The Kier molecular flexibility index (Phi) is 6.79. The van der Waals surface area contributed by atoms with Crippen LogP contribution in [-0.4, -0.2) is 66.1 Å². The number of carbonyl (C=O) groups is 1. The molecule has 31 heavy (non-hydrogen) atoms. The van der Waals surface area contributed by atoms with Gasteiger partial charge in [-0.05, 0) is 30.3 Å². The topological polar surface area (TPSA) is 67.8 Å². The van der Waals surface area contributed by atoms with Crippen LogP contribution in [0.25, 0.3) is 10.7 Å². The number of piperazine rings is 1. The standard InChI is InChI=1S/C23H26N4O3S/c1-29-19-6-7-21(30-2)17(13-19)15-26-9-11-27(12-10-26)22(28)14-18-16-31-23(25-18)20-5-3-4-8-24-20/h3-8,13,16H,9-12,14-15H2,1-2H3. The minimum absolute atomic E-state index is 0.122. The van der Waals surface area contributed by atoms with Gasteiger partial charge in [-0.25, -0.2) is 4.98 Å². The molecular formula is C23H26N4O3S. The van der Waals surface area contributed by atoms with E-state index in [4.69, 9.17) is 9.47 Å². The first-order valence-corrected chi connectivity index (χ1v) is 11.1. The van der Waals surface area contributed by atoms with Crippen LogP contribution in [0.15, 0.2) is 48.0 Å². The highest BCUT2D eigenvalue weighted by Gasteiger charge is 2.23. The maximum absolute atomic E-state index is 12.8. The fraction of sp³-hybridized carbons (Fsp3) is 0.348. The monoisotopic (exact) mass is 438 g/mol. The highest BCUT2D eigenvalue weighted by Crippen LogP contribution is 2.26. The maximum atomic E-state index is 12.8. The summed E-state index contributed by atoms with van der Waals surface area (Å²) in [5.41, 5.74) is 2.73. The molecule has 3 heterocycles. The molecule has 0 N–H and O–H groups in total.